The zero-order chi connectivity index (χ0) is 8.97. The molecule has 4 heteroatoms. The maximum absolute atomic E-state index is 11.0. The molecule has 0 saturated carbocycles. The first-order valence-electron chi connectivity index (χ1n) is 3.21. The van der Waals surface area contributed by atoms with E-state index in [1.54, 1.807) is 24.3 Å². The number of Topliss-reactive ketones (excluding diaryl/α,β-unsaturated/α-hetero) is 1. The zero-order valence-corrected chi connectivity index (χ0v) is 6.82. The van der Waals surface area contributed by atoms with Crippen LogP contribution in [0.15, 0.2) is 29.4 Å². The minimum absolute atomic E-state index is 0.353. The lowest BCUT2D eigenvalue weighted by atomic mass is 10.1. The fourth-order valence-corrected chi connectivity index (χ4v) is 0.867. The highest BCUT2D eigenvalue weighted by Gasteiger charge is 2.00. The fourth-order valence-electron chi connectivity index (χ4n) is 0.741. The third kappa shape index (κ3) is 2.07. The van der Waals surface area contributed by atoms with Gasteiger partial charge in [-0.25, -0.2) is 0 Å². The van der Waals surface area contributed by atoms with Gasteiger partial charge in [0.15, 0.2) is 0 Å². The van der Waals surface area contributed by atoms with Crippen molar-refractivity contribution in [3.8, 4) is 0 Å². The first-order valence-corrected chi connectivity index (χ1v) is 3.59. The van der Waals surface area contributed by atoms with Crippen LogP contribution in [0.1, 0.15) is 10.4 Å². The van der Waals surface area contributed by atoms with Gasteiger partial charge in [0.25, 0.3) is 0 Å². The second kappa shape index (κ2) is 3.88. The van der Waals surface area contributed by atoms with Gasteiger partial charge >= 0.3 is 0 Å². The third-order valence-corrected chi connectivity index (χ3v) is 1.56. The first-order chi connectivity index (χ1) is 5.74. The quantitative estimate of drug-likeness (QED) is 0.330. The molecule has 0 aliphatic rings. The van der Waals surface area contributed by atoms with Crippen LogP contribution in [-0.2, 0) is 0 Å². The van der Waals surface area contributed by atoms with E-state index >= 15 is 0 Å². The van der Waals surface area contributed by atoms with Crippen molar-refractivity contribution in [3.05, 3.63) is 34.9 Å². The van der Waals surface area contributed by atoms with Gasteiger partial charge in [0.05, 0.1) is 0 Å². The number of benzene rings is 1. The molecule has 1 aromatic carbocycles. The monoisotopic (exact) mass is 183 g/mol. The Morgan fingerprint density at radius 1 is 1.42 bits per heavy atom. The van der Waals surface area contributed by atoms with Gasteiger partial charge in [0.2, 0.25) is 5.78 Å². The molecule has 0 atom stereocenters. The van der Waals surface area contributed by atoms with Crippen molar-refractivity contribution in [2.75, 3.05) is 0 Å². The average molecular weight is 184 g/mol. The summed E-state index contributed by atoms with van der Waals surface area (Å²) in [4.78, 5) is 11.0. The van der Waals surface area contributed by atoms with Crippen molar-refractivity contribution < 1.29 is 10.0 Å². The van der Waals surface area contributed by atoms with Crippen LogP contribution in [0.2, 0.25) is 5.02 Å². The van der Waals surface area contributed by atoms with E-state index in [0.717, 1.165) is 6.21 Å². The zero-order valence-electron chi connectivity index (χ0n) is 6.07. The van der Waals surface area contributed by atoms with Crippen LogP contribution < -0.4 is 0 Å². The molecule has 12 heavy (non-hydrogen) atoms. The lowest BCUT2D eigenvalue weighted by Crippen LogP contribution is -1.99. The largest absolute Gasteiger partial charge is 0.411 e. The predicted molar refractivity (Wildman–Crippen MR) is 46.1 cm³/mol. The van der Waals surface area contributed by atoms with Crippen molar-refractivity contribution in [2.45, 2.75) is 0 Å². The summed E-state index contributed by atoms with van der Waals surface area (Å²) in [5.41, 5.74) is 0.442. The summed E-state index contributed by atoms with van der Waals surface area (Å²) < 4.78 is 0. The number of carbonyl (C=O) groups excluding carboxylic acids is 1. The molecule has 0 bridgehead atoms. The fraction of sp³-hybridized carbons (Fsp3) is 0. The molecule has 0 saturated heterocycles. The molecule has 0 aliphatic heterocycles. The third-order valence-electron chi connectivity index (χ3n) is 1.30. The second-order valence-corrected chi connectivity index (χ2v) is 2.55. The number of ketones is 1. The molecule has 0 fully saturated rings. The Balaban J connectivity index is 2.90. The van der Waals surface area contributed by atoms with E-state index in [-0.39, 0.29) is 5.78 Å². The Labute approximate surface area is 74.3 Å². The lowest BCUT2D eigenvalue weighted by molar-refractivity contribution is 0.106. The molecule has 0 spiro atoms. The molecule has 1 aromatic rings. The van der Waals surface area contributed by atoms with E-state index in [9.17, 15) is 4.79 Å². The number of hydrogen-bond acceptors (Lipinski definition) is 3. The molecule has 0 aliphatic carbocycles. The van der Waals surface area contributed by atoms with E-state index in [0.29, 0.717) is 10.6 Å². The Morgan fingerprint density at radius 3 is 2.50 bits per heavy atom. The number of rotatable bonds is 2. The molecule has 0 unspecified atom stereocenters. The number of oxime groups is 1. The maximum Gasteiger partial charge on any atom is 0.207 e. The molecule has 0 aromatic heterocycles. The number of nitrogens with zero attached hydrogens (tertiary/aromatic N) is 1. The lowest BCUT2D eigenvalue weighted by Gasteiger charge is -1.93. The van der Waals surface area contributed by atoms with Crippen molar-refractivity contribution in [3.63, 3.8) is 0 Å². The number of halogens is 1. The van der Waals surface area contributed by atoms with Gasteiger partial charge in [0, 0.05) is 10.6 Å². The molecule has 0 radical (unpaired) electrons. The van der Waals surface area contributed by atoms with Gasteiger partial charge in [-0.1, -0.05) is 16.8 Å². The molecular weight excluding hydrogens is 178 g/mol. The average Bonchev–Trinajstić information content (AvgIpc) is 2.06. The Hall–Kier alpha value is -1.35. The summed E-state index contributed by atoms with van der Waals surface area (Å²) in [5.74, 6) is -0.353. The summed E-state index contributed by atoms with van der Waals surface area (Å²) in [6.45, 7) is 0. The van der Waals surface area contributed by atoms with Gasteiger partial charge in [-0.2, -0.15) is 0 Å². The Morgan fingerprint density at radius 2 is 2.00 bits per heavy atom. The summed E-state index contributed by atoms with van der Waals surface area (Å²) in [6.07, 6.45) is 0.837. The van der Waals surface area contributed by atoms with E-state index < -0.39 is 0 Å². The summed E-state index contributed by atoms with van der Waals surface area (Å²) in [5, 5.41) is 11.3. The van der Waals surface area contributed by atoms with Crippen LogP contribution in [0.25, 0.3) is 0 Å². The van der Waals surface area contributed by atoms with Crippen molar-refractivity contribution in [2.24, 2.45) is 5.16 Å². The Bertz CT molecular complexity index is 305. The van der Waals surface area contributed by atoms with Crippen molar-refractivity contribution in [1.82, 2.24) is 0 Å². The van der Waals surface area contributed by atoms with Crippen LogP contribution in [0, 0.1) is 0 Å². The number of carbonyl (C=O) groups is 1. The normalized spacial score (nSPS) is 10.4. The van der Waals surface area contributed by atoms with Crippen molar-refractivity contribution >= 4 is 23.6 Å². The summed E-state index contributed by atoms with van der Waals surface area (Å²) >= 11 is 5.60. The van der Waals surface area contributed by atoms with Gasteiger partial charge < -0.3 is 5.21 Å². The first kappa shape index (κ1) is 8.74. The smallest absolute Gasteiger partial charge is 0.207 e. The molecule has 0 heterocycles. The molecule has 1 rings (SSSR count). The topological polar surface area (TPSA) is 49.7 Å². The van der Waals surface area contributed by atoms with Gasteiger partial charge in [-0.05, 0) is 24.3 Å². The van der Waals surface area contributed by atoms with Crippen LogP contribution in [0.5, 0.6) is 0 Å². The van der Waals surface area contributed by atoms with E-state index in [1.807, 2.05) is 0 Å². The SMILES string of the molecule is O=C(C=NO)c1ccc(Cl)cc1. The molecule has 0 amide bonds. The number of hydrogen-bond donors (Lipinski definition) is 1. The highest BCUT2D eigenvalue weighted by atomic mass is 35.5. The second-order valence-electron chi connectivity index (χ2n) is 2.12. The van der Waals surface area contributed by atoms with Crippen molar-refractivity contribution in [1.29, 1.82) is 0 Å². The van der Waals surface area contributed by atoms with E-state index in [2.05, 4.69) is 5.16 Å². The molecule has 3 nitrogen and oxygen atoms in total. The predicted octanol–water partition coefficient (Wildman–Crippen LogP) is 1.98. The minimum Gasteiger partial charge on any atom is -0.411 e. The summed E-state index contributed by atoms with van der Waals surface area (Å²) in [6, 6.07) is 6.32. The van der Waals surface area contributed by atoms with Crippen LogP contribution >= 0.6 is 11.6 Å². The van der Waals surface area contributed by atoms with Gasteiger partial charge in [-0.15, -0.1) is 0 Å². The molecule has 1 N–H and O–H groups in total. The van der Waals surface area contributed by atoms with Crippen LogP contribution in [-0.4, -0.2) is 17.2 Å². The standard InChI is InChI=1S/C8H6ClNO2/c9-7-3-1-6(2-4-7)8(11)5-10-12/h1-5,12H. The van der Waals surface area contributed by atoms with Gasteiger partial charge in [0.1, 0.15) is 6.21 Å². The van der Waals surface area contributed by atoms with Crippen LogP contribution in [0.4, 0.5) is 0 Å². The summed E-state index contributed by atoms with van der Waals surface area (Å²) in [7, 11) is 0. The van der Waals surface area contributed by atoms with E-state index in [1.165, 1.54) is 0 Å². The molecular formula is C8H6ClNO2. The van der Waals surface area contributed by atoms with Crippen LogP contribution in [0.3, 0.4) is 0 Å². The maximum atomic E-state index is 11.0. The molecule has 62 valence electrons. The van der Waals surface area contributed by atoms with E-state index in [4.69, 9.17) is 16.8 Å². The minimum atomic E-state index is -0.353. The van der Waals surface area contributed by atoms with Gasteiger partial charge in [-0.3, -0.25) is 4.79 Å². The Kier molecular flexibility index (Phi) is 2.82. The highest BCUT2D eigenvalue weighted by molar-refractivity contribution is 6.35. The highest BCUT2D eigenvalue weighted by Crippen LogP contribution is 2.09.